The van der Waals surface area contributed by atoms with Crippen LogP contribution in [-0.4, -0.2) is 11.9 Å². The normalized spacial score (nSPS) is 24.2. The Morgan fingerprint density at radius 1 is 1.58 bits per heavy atom. The van der Waals surface area contributed by atoms with Crippen molar-refractivity contribution in [3.8, 4) is 0 Å². The molecule has 1 aliphatic heterocycles. The highest BCUT2D eigenvalue weighted by molar-refractivity contribution is 5.78. The monoisotopic (exact) mass is 169 g/mol. The first-order valence-corrected chi connectivity index (χ1v) is 4.85. The maximum Gasteiger partial charge on any atom is 0.220 e. The first-order chi connectivity index (χ1) is 5.56. The highest BCUT2D eigenvalue weighted by Crippen LogP contribution is 2.31. The Bertz CT molecular complexity index is 175. The first-order valence-electron chi connectivity index (χ1n) is 4.85. The molecule has 0 saturated carbocycles. The molecule has 2 nitrogen and oxygen atoms in total. The summed E-state index contributed by atoms with van der Waals surface area (Å²) in [5.74, 6) is 0.226. The van der Waals surface area contributed by atoms with E-state index in [4.69, 9.17) is 0 Å². The van der Waals surface area contributed by atoms with Crippen LogP contribution in [-0.2, 0) is 4.79 Å². The topological polar surface area (TPSA) is 29.1 Å². The average molecular weight is 169 g/mol. The maximum atomic E-state index is 11.0. The van der Waals surface area contributed by atoms with Gasteiger partial charge in [-0.25, -0.2) is 0 Å². The second-order valence-corrected chi connectivity index (χ2v) is 4.40. The predicted octanol–water partition coefficient (Wildman–Crippen LogP) is 2.09. The molecular weight excluding hydrogens is 150 g/mol. The number of carbonyl (C=O) groups excluding carboxylic acids is 1. The molecule has 0 radical (unpaired) electrons. The molecule has 1 aliphatic rings. The van der Waals surface area contributed by atoms with Crippen LogP contribution < -0.4 is 5.32 Å². The lowest BCUT2D eigenvalue weighted by molar-refractivity contribution is -0.119. The van der Waals surface area contributed by atoms with Gasteiger partial charge in [0.05, 0.1) is 0 Å². The van der Waals surface area contributed by atoms with Crippen LogP contribution in [0.5, 0.6) is 0 Å². The fourth-order valence-corrected chi connectivity index (χ4v) is 2.02. The predicted molar refractivity (Wildman–Crippen MR) is 49.9 cm³/mol. The lowest BCUT2D eigenvalue weighted by Crippen LogP contribution is -2.38. The highest BCUT2D eigenvalue weighted by atomic mass is 16.1. The van der Waals surface area contributed by atoms with Crippen molar-refractivity contribution in [3.05, 3.63) is 0 Å². The van der Waals surface area contributed by atoms with E-state index >= 15 is 0 Å². The molecule has 1 rings (SSSR count). The van der Waals surface area contributed by atoms with Crippen LogP contribution in [0, 0.1) is 5.41 Å². The van der Waals surface area contributed by atoms with Gasteiger partial charge in [0.2, 0.25) is 5.91 Å². The van der Waals surface area contributed by atoms with Crippen molar-refractivity contribution >= 4 is 5.91 Å². The fourth-order valence-electron chi connectivity index (χ4n) is 2.02. The summed E-state index contributed by atoms with van der Waals surface area (Å²) >= 11 is 0. The van der Waals surface area contributed by atoms with E-state index in [9.17, 15) is 4.79 Å². The van der Waals surface area contributed by atoms with Gasteiger partial charge >= 0.3 is 0 Å². The Kier molecular flexibility index (Phi) is 2.76. The van der Waals surface area contributed by atoms with Gasteiger partial charge in [-0.2, -0.15) is 0 Å². The average Bonchev–Trinajstić information content (AvgIpc) is 2.36. The van der Waals surface area contributed by atoms with Gasteiger partial charge in [-0.3, -0.25) is 4.79 Å². The molecule has 0 spiro atoms. The molecule has 0 bridgehead atoms. The van der Waals surface area contributed by atoms with Gasteiger partial charge in [0.25, 0.3) is 0 Å². The minimum absolute atomic E-state index is 0.226. The Morgan fingerprint density at radius 3 is 2.67 bits per heavy atom. The van der Waals surface area contributed by atoms with Gasteiger partial charge in [0.1, 0.15) is 0 Å². The van der Waals surface area contributed by atoms with Crippen LogP contribution in [0.25, 0.3) is 0 Å². The Hall–Kier alpha value is -0.530. The van der Waals surface area contributed by atoms with E-state index in [-0.39, 0.29) is 11.3 Å². The molecule has 1 unspecified atom stereocenters. The Balaban J connectivity index is 2.51. The summed E-state index contributed by atoms with van der Waals surface area (Å²) in [6.07, 6.45) is 4.13. The van der Waals surface area contributed by atoms with Crippen molar-refractivity contribution in [2.24, 2.45) is 5.41 Å². The summed E-state index contributed by atoms with van der Waals surface area (Å²) in [7, 11) is 0. The molecule has 0 aliphatic carbocycles. The molecule has 1 saturated heterocycles. The number of nitrogens with one attached hydrogen (secondary N) is 1. The summed E-state index contributed by atoms with van der Waals surface area (Å²) in [4.78, 5) is 11.0. The molecule has 0 aromatic carbocycles. The Labute approximate surface area is 74.7 Å². The van der Waals surface area contributed by atoms with Gasteiger partial charge in [0, 0.05) is 12.5 Å². The van der Waals surface area contributed by atoms with Crippen molar-refractivity contribution in [1.29, 1.82) is 0 Å². The lowest BCUT2D eigenvalue weighted by Gasteiger charge is -2.31. The van der Waals surface area contributed by atoms with E-state index in [0.717, 1.165) is 12.8 Å². The van der Waals surface area contributed by atoms with Crippen molar-refractivity contribution in [3.63, 3.8) is 0 Å². The zero-order chi connectivity index (χ0) is 9.19. The lowest BCUT2D eigenvalue weighted by atomic mass is 9.80. The molecule has 0 aromatic heterocycles. The van der Waals surface area contributed by atoms with Crippen LogP contribution >= 0.6 is 0 Å². The zero-order valence-corrected chi connectivity index (χ0v) is 8.31. The van der Waals surface area contributed by atoms with E-state index in [1.165, 1.54) is 12.8 Å². The number of hydrogen-bond donors (Lipinski definition) is 1. The molecule has 12 heavy (non-hydrogen) atoms. The minimum atomic E-state index is 0.226. The number of hydrogen-bond acceptors (Lipinski definition) is 1. The molecule has 1 amide bonds. The van der Waals surface area contributed by atoms with Crippen LogP contribution in [0.3, 0.4) is 0 Å². The van der Waals surface area contributed by atoms with E-state index < -0.39 is 0 Å². The highest BCUT2D eigenvalue weighted by Gasteiger charge is 2.33. The third kappa shape index (κ3) is 1.99. The van der Waals surface area contributed by atoms with Crippen LogP contribution in [0.1, 0.15) is 46.5 Å². The second-order valence-electron chi connectivity index (χ2n) is 4.40. The molecule has 0 aromatic rings. The summed E-state index contributed by atoms with van der Waals surface area (Å²) in [5.41, 5.74) is 0.279. The molecule has 1 fully saturated rings. The van der Waals surface area contributed by atoms with Crippen LogP contribution in [0.2, 0.25) is 0 Å². The first kappa shape index (κ1) is 9.56. The van der Waals surface area contributed by atoms with Crippen LogP contribution in [0.15, 0.2) is 0 Å². The van der Waals surface area contributed by atoms with E-state index in [1.807, 2.05) is 0 Å². The quantitative estimate of drug-likeness (QED) is 0.688. The van der Waals surface area contributed by atoms with Gasteiger partial charge < -0.3 is 5.32 Å². The van der Waals surface area contributed by atoms with Crippen molar-refractivity contribution in [1.82, 2.24) is 5.32 Å². The molecule has 1 heterocycles. The number of carbonyl (C=O) groups is 1. The number of rotatable bonds is 3. The fraction of sp³-hybridized carbons (Fsp3) is 0.900. The molecular formula is C10H19NO. The third-order valence-electron chi connectivity index (χ3n) is 2.83. The summed E-state index contributed by atoms with van der Waals surface area (Å²) in [6, 6.07) is 0.407. The van der Waals surface area contributed by atoms with Crippen molar-refractivity contribution < 1.29 is 4.79 Å². The second kappa shape index (κ2) is 3.46. The summed E-state index contributed by atoms with van der Waals surface area (Å²) < 4.78 is 0. The maximum absolute atomic E-state index is 11.0. The Morgan fingerprint density at radius 2 is 2.25 bits per heavy atom. The summed E-state index contributed by atoms with van der Waals surface area (Å²) in [6.45, 7) is 6.68. The summed E-state index contributed by atoms with van der Waals surface area (Å²) in [5, 5.41) is 3.04. The number of amides is 1. The molecule has 1 atom stereocenters. The standard InChI is InChI=1S/C10H19NO/c1-4-7-10(2,3)8-5-6-9(12)11-8/h8H,4-7H2,1-3H3,(H,11,12). The van der Waals surface area contributed by atoms with Gasteiger partial charge in [0.15, 0.2) is 0 Å². The third-order valence-corrected chi connectivity index (χ3v) is 2.83. The zero-order valence-electron chi connectivity index (χ0n) is 8.31. The molecule has 2 heteroatoms. The van der Waals surface area contributed by atoms with E-state index in [2.05, 4.69) is 26.1 Å². The van der Waals surface area contributed by atoms with Crippen LogP contribution in [0.4, 0.5) is 0 Å². The van der Waals surface area contributed by atoms with E-state index in [0.29, 0.717) is 6.04 Å². The van der Waals surface area contributed by atoms with Gasteiger partial charge in [-0.15, -0.1) is 0 Å². The SMILES string of the molecule is CCCC(C)(C)C1CCC(=O)N1. The van der Waals surface area contributed by atoms with Crippen molar-refractivity contribution in [2.45, 2.75) is 52.5 Å². The smallest absolute Gasteiger partial charge is 0.220 e. The molecule has 1 N–H and O–H groups in total. The minimum Gasteiger partial charge on any atom is -0.353 e. The van der Waals surface area contributed by atoms with E-state index in [1.54, 1.807) is 0 Å². The van der Waals surface area contributed by atoms with Gasteiger partial charge in [-0.05, 0) is 18.3 Å². The van der Waals surface area contributed by atoms with Crippen molar-refractivity contribution in [2.75, 3.05) is 0 Å². The van der Waals surface area contributed by atoms with Gasteiger partial charge in [-0.1, -0.05) is 27.2 Å². The largest absolute Gasteiger partial charge is 0.353 e. The molecule has 70 valence electrons.